The van der Waals surface area contributed by atoms with Crippen molar-refractivity contribution in [3.8, 4) is 0 Å². The zero-order chi connectivity index (χ0) is 26.7. The first-order valence-electron chi connectivity index (χ1n) is 13.2. The zero-order valence-corrected chi connectivity index (χ0v) is 23.8. The summed E-state index contributed by atoms with van der Waals surface area (Å²) in [5.74, 6) is 0.495. The van der Waals surface area contributed by atoms with Gasteiger partial charge in [0.15, 0.2) is 0 Å². The Labute approximate surface area is 240 Å². The molecule has 4 rings (SSSR count). The van der Waals surface area contributed by atoms with Gasteiger partial charge in [-0.05, 0) is 60.4 Å². The number of carbonyl (C=O) groups excluding carboxylic acids is 2. The molecule has 0 heterocycles. The van der Waals surface area contributed by atoms with E-state index in [1.807, 2.05) is 78.9 Å². The van der Waals surface area contributed by atoms with Crippen LogP contribution in [0.5, 0.6) is 0 Å². The third-order valence-corrected chi connectivity index (χ3v) is 8.40. The zero-order valence-electron chi connectivity index (χ0n) is 21.5. The molecule has 0 aliphatic heterocycles. The van der Waals surface area contributed by atoms with E-state index in [-0.39, 0.29) is 17.9 Å². The first-order valence-corrected chi connectivity index (χ1v) is 15.0. The molecule has 0 saturated heterocycles. The minimum Gasteiger partial charge on any atom is -0.352 e. The van der Waals surface area contributed by atoms with Gasteiger partial charge in [-0.25, -0.2) is 0 Å². The van der Waals surface area contributed by atoms with Crippen LogP contribution in [-0.4, -0.2) is 34.6 Å². The van der Waals surface area contributed by atoms with Crippen LogP contribution in [-0.2, 0) is 22.6 Å². The van der Waals surface area contributed by atoms with Crippen LogP contribution in [0, 0.1) is 0 Å². The Morgan fingerprint density at radius 3 is 2.13 bits per heavy atom. The summed E-state index contributed by atoms with van der Waals surface area (Å²) in [6, 6.07) is 24.6. The predicted molar refractivity (Wildman–Crippen MR) is 158 cm³/mol. The molecule has 1 atom stereocenters. The standard InChI is InChI=1S/C31H34Cl2N2O2S/c32-25-13-11-24(12-14-25)22-35(30(36)19-20-38-28-17-15-26(33)16-18-28)29(21-23-7-3-1-4-8-23)31(37)34-27-9-5-2-6-10-27/h1,3-4,7-8,11-18,27,29H,2,5-6,9-10,19-22H2,(H,34,37)/t29-/m0/s1. The van der Waals surface area contributed by atoms with Crippen molar-refractivity contribution in [3.63, 3.8) is 0 Å². The van der Waals surface area contributed by atoms with Gasteiger partial charge in [0.2, 0.25) is 11.8 Å². The molecule has 0 unspecified atom stereocenters. The molecular weight excluding hydrogens is 535 g/mol. The van der Waals surface area contributed by atoms with E-state index in [0.717, 1.165) is 41.7 Å². The molecule has 1 aliphatic carbocycles. The molecule has 1 saturated carbocycles. The second-order valence-electron chi connectivity index (χ2n) is 9.75. The van der Waals surface area contributed by atoms with Crippen molar-refractivity contribution in [1.82, 2.24) is 10.2 Å². The molecule has 7 heteroatoms. The SMILES string of the molecule is O=C(NC1CCCCC1)[C@H](Cc1ccccc1)N(Cc1ccc(Cl)cc1)C(=O)CCSc1ccc(Cl)cc1. The summed E-state index contributed by atoms with van der Waals surface area (Å²) in [6.07, 6.45) is 6.24. The summed E-state index contributed by atoms with van der Waals surface area (Å²) in [5.41, 5.74) is 1.97. The molecule has 0 bridgehead atoms. The van der Waals surface area contributed by atoms with Crippen LogP contribution in [0.25, 0.3) is 0 Å². The Hall–Kier alpha value is -2.47. The average Bonchev–Trinajstić information content (AvgIpc) is 2.94. The predicted octanol–water partition coefficient (Wildman–Crippen LogP) is 7.56. The molecular formula is C31H34Cl2N2O2S. The van der Waals surface area contributed by atoms with Crippen LogP contribution in [0.1, 0.15) is 49.7 Å². The highest BCUT2D eigenvalue weighted by Crippen LogP contribution is 2.24. The fourth-order valence-corrected chi connectivity index (χ4v) is 5.91. The van der Waals surface area contributed by atoms with Crippen LogP contribution < -0.4 is 5.32 Å². The minimum atomic E-state index is -0.608. The Morgan fingerprint density at radius 2 is 1.47 bits per heavy atom. The summed E-state index contributed by atoms with van der Waals surface area (Å²) in [4.78, 5) is 30.4. The molecule has 200 valence electrons. The second-order valence-corrected chi connectivity index (χ2v) is 11.8. The Balaban J connectivity index is 1.55. The monoisotopic (exact) mass is 568 g/mol. The van der Waals surface area contributed by atoms with Crippen LogP contribution in [0.4, 0.5) is 0 Å². The molecule has 1 aliphatic rings. The highest BCUT2D eigenvalue weighted by molar-refractivity contribution is 7.99. The normalized spacial score (nSPS) is 14.6. The fourth-order valence-electron chi connectivity index (χ4n) is 4.82. The van der Waals surface area contributed by atoms with Crippen molar-refractivity contribution in [1.29, 1.82) is 0 Å². The number of thioether (sulfide) groups is 1. The van der Waals surface area contributed by atoms with Crippen molar-refractivity contribution in [2.24, 2.45) is 0 Å². The molecule has 2 amide bonds. The van der Waals surface area contributed by atoms with Gasteiger partial charge in [-0.3, -0.25) is 9.59 Å². The summed E-state index contributed by atoms with van der Waals surface area (Å²) < 4.78 is 0. The molecule has 3 aromatic carbocycles. The highest BCUT2D eigenvalue weighted by Gasteiger charge is 2.31. The van der Waals surface area contributed by atoms with Gasteiger partial charge < -0.3 is 10.2 Å². The van der Waals surface area contributed by atoms with E-state index in [4.69, 9.17) is 23.2 Å². The number of amides is 2. The third kappa shape index (κ3) is 8.79. The van der Waals surface area contributed by atoms with Crippen LogP contribution in [0.3, 0.4) is 0 Å². The number of carbonyl (C=O) groups is 2. The van der Waals surface area contributed by atoms with E-state index >= 15 is 0 Å². The van der Waals surface area contributed by atoms with E-state index in [2.05, 4.69) is 5.32 Å². The maximum absolute atomic E-state index is 13.8. The topological polar surface area (TPSA) is 49.4 Å². The third-order valence-electron chi connectivity index (χ3n) is 6.89. The van der Waals surface area contributed by atoms with Crippen molar-refractivity contribution < 1.29 is 9.59 Å². The largest absolute Gasteiger partial charge is 0.352 e. The Bertz CT molecular complexity index is 1170. The number of hydrogen-bond donors (Lipinski definition) is 1. The highest BCUT2D eigenvalue weighted by atomic mass is 35.5. The van der Waals surface area contributed by atoms with E-state index in [1.54, 1.807) is 16.7 Å². The minimum absolute atomic E-state index is 0.0406. The number of benzene rings is 3. The lowest BCUT2D eigenvalue weighted by Gasteiger charge is -2.33. The van der Waals surface area contributed by atoms with E-state index in [0.29, 0.717) is 35.2 Å². The Kier molecular flexibility index (Phi) is 11.0. The first kappa shape index (κ1) is 28.5. The molecule has 0 aromatic heterocycles. The molecule has 1 N–H and O–H groups in total. The second kappa shape index (κ2) is 14.6. The molecule has 0 radical (unpaired) electrons. The van der Waals surface area contributed by atoms with Crippen molar-refractivity contribution in [2.45, 2.75) is 68.5 Å². The van der Waals surface area contributed by atoms with Crippen molar-refractivity contribution in [3.05, 3.63) is 100 Å². The fraction of sp³-hybridized carbons (Fsp3) is 0.355. The van der Waals surface area contributed by atoms with E-state index < -0.39 is 6.04 Å². The molecule has 4 nitrogen and oxygen atoms in total. The van der Waals surface area contributed by atoms with Crippen LogP contribution >= 0.6 is 35.0 Å². The quantitative estimate of drug-likeness (QED) is 0.243. The van der Waals surface area contributed by atoms with Crippen LogP contribution in [0.15, 0.2) is 83.8 Å². The lowest BCUT2D eigenvalue weighted by Crippen LogP contribution is -2.52. The smallest absolute Gasteiger partial charge is 0.243 e. The van der Waals surface area contributed by atoms with Gasteiger partial charge in [0.1, 0.15) is 6.04 Å². The summed E-state index contributed by atoms with van der Waals surface area (Å²) in [5, 5.41) is 4.61. The van der Waals surface area contributed by atoms with Crippen LogP contribution in [0.2, 0.25) is 10.0 Å². The maximum atomic E-state index is 13.8. The van der Waals surface area contributed by atoms with Crippen molar-refractivity contribution in [2.75, 3.05) is 5.75 Å². The number of rotatable bonds is 11. The maximum Gasteiger partial charge on any atom is 0.243 e. The van der Waals surface area contributed by atoms with Gasteiger partial charge in [-0.15, -0.1) is 11.8 Å². The lowest BCUT2D eigenvalue weighted by molar-refractivity contribution is -0.141. The molecule has 1 fully saturated rings. The summed E-state index contributed by atoms with van der Waals surface area (Å²) in [7, 11) is 0. The van der Waals surface area contributed by atoms with Gasteiger partial charge in [-0.2, -0.15) is 0 Å². The van der Waals surface area contributed by atoms with Gasteiger partial charge in [0.25, 0.3) is 0 Å². The van der Waals surface area contributed by atoms with Gasteiger partial charge >= 0.3 is 0 Å². The van der Waals surface area contributed by atoms with E-state index in [9.17, 15) is 9.59 Å². The number of nitrogens with zero attached hydrogens (tertiary/aromatic N) is 1. The Morgan fingerprint density at radius 1 is 0.842 bits per heavy atom. The lowest BCUT2D eigenvalue weighted by atomic mass is 9.94. The van der Waals surface area contributed by atoms with E-state index in [1.165, 1.54) is 6.42 Å². The number of nitrogens with one attached hydrogen (secondary N) is 1. The molecule has 38 heavy (non-hydrogen) atoms. The van der Waals surface area contributed by atoms with Gasteiger partial charge in [0, 0.05) is 46.1 Å². The molecule has 3 aromatic rings. The molecule has 0 spiro atoms. The average molecular weight is 570 g/mol. The number of hydrogen-bond acceptors (Lipinski definition) is 3. The van der Waals surface area contributed by atoms with Gasteiger partial charge in [-0.1, -0.05) is 84.9 Å². The summed E-state index contributed by atoms with van der Waals surface area (Å²) >= 11 is 13.7. The summed E-state index contributed by atoms with van der Waals surface area (Å²) in [6.45, 7) is 0.344. The van der Waals surface area contributed by atoms with Gasteiger partial charge in [0.05, 0.1) is 0 Å². The van der Waals surface area contributed by atoms with Crippen molar-refractivity contribution >= 4 is 46.8 Å². The first-order chi connectivity index (χ1) is 18.5. The number of halogens is 2.